The molecule has 2 heterocycles. The Morgan fingerprint density at radius 1 is 0.395 bits per heavy atom. The van der Waals surface area contributed by atoms with E-state index in [1.54, 1.807) is 0 Å². The fraction of sp³-hybridized carbons (Fsp3) is 0.0244. The summed E-state index contributed by atoms with van der Waals surface area (Å²) >= 11 is 0. The van der Waals surface area contributed by atoms with Crippen molar-refractivity contribution >= 4 is 32.6 Å². The number of pyridine rings is 2. The first-order valence-electron chi connectivity index (χ1n) is 14.8. The van der Waals surface area contributed by atoms with E-state index in [0.717, 1.165) is 33.1 Å². The summed E-state index contributed by atoms with van der Waals surface area (Å²) in [6.07, 6.45) is 1.85. The Morgan fingerprint density at radius 2 is 0.977 bits per heavy atom. The van der Waals surface area contributed by atoms with Crippen LogP contribution in [0.25, 0.3) is 66.1 Å². The maximum absolute atomic E-state index is 5.27. The summed E-state index contributed by atoms with van der Waals surface area (Å²) in [6, 6.07) is 51.1. The first-order chi connectivity index (χ1) is 21.3. The van der Waals surface area contributed by atoms with Gasteiger partial charge in [0.15, 0.2) is 0 Å². The molecule has 0 saturated heterocycles. The van der Waals surface area contributed by atoms with Crippen LogP contribution in [0, 0.1) is 0 Å². The summed E-state index contributed by atoms with van der Waals surface area (Å²) in [5, 5.41) is 4.74. The minimum Gasteiger partial charge on any atom is -0.254 e. The van der Waals surface area contributed by atoms with Crippen molar-refractivity contribution in [3.63, 3.8) is 0 Å². The van der Waals surface area contributed by atoms with E-state index in [0.29, 0.717) is 0 Å². The van der Waals surface area contributed by atoms with Gasteiger partial charge < -0.3 is 0 Å². The quantitative estimate of drug-likeness (QED) is 0.192. The van der Waals surface area contributed by atoms with Crippen molar-refractivity contribution in [3.8, 4) is 33.5 Å². The Balaban J connectivity index is 1.34. The number of aromatic nitrogens is 2. The minimum absolute atomic E-state index is 0.397. The summed E-state index contributed by atoms with van der Waals surface area (Å²) in [7, 11) is 0. The van der Waals surface area contributed by atoms with Crippen molar-refractivity contribution in [2.24, 2.45) is 0 Å². The molecule has 0 atom stereocenters. The first kappa shape index (κ1) is 23.0. The molecule has 0 aliphatic heterocycles. The molecule has 2 aliphatic rings. The minimum atomic E-state index is -0.397. The molecule has 0 radical (unpaired) electrons. The first-order valence-corrected chi connectivity index (χ1v) is 14.8. The zero-order valence-corrected chi connectivity index (χ0v) is 23.3. The number of fused-ring (bicyclic) bond motifs is 12. The van der Waals surface area contributed by atoms with Gasteiger partial charge in [0.1, 0.15) is 0 Å². The Kier molecular flexibility index (Phi) is 4.41. The van der Waals surface area contributed by atoms with Gasteiger partial charge >= 0.3 is 0 Å². The molecule has 2 heteroatoms. The van der Waals surface area contributed by atoms with E-state index < -0.39 is 5.41 Å². The van der Waals surface area contributed by atoms with E-state index >= 15 is 0 Å². The molecule has 2 aliphatic carbocycles. The van der Waals surface area contributed by atoms with Crippen molar-refractivity contribution < 1.29 is 0 Å². The lowest BCUT2D eigenvalue weighted by Crippen LogP contribution is -2.31. The number of hydrogen-bond donors (Lipinski definition) is 0. The second kappa shape index (κ2) is 8.24. The van der Waals surface area contributed by atoms with Gasteiger partial charge in [0, 0.05) is 22.5 Å². The molecule has 0 unspecified atom stereocenters. The molecular formula is C41H24N2. The van der Waals surface area contributed by atoms with E-state index in [1.165, 1.54) is 55.3 Å². The van der Waals surface area contributed by atoms with Crippen LogP contribution >= 0.6 is 0 Å². The SMILES string of the molecule is c1ccc2c(c1)-c1ccccc1C21c2ccccc2-c2ccc(-c3ccc4ccc5cccnc5c4n3)c3cccc1c23. The number of benzene rings is 6. The van der Waals surface area contributed by atoms with Gasteiger partial charge in [0.2, 0.25) is 0 Å². The van der Waals surface area contributed by atoms with E-state index in [1.807, 2.05) is 12.3 Å². The third-order valence-corrected chi connectivity index (χ3v) is 9.73. The topological polar surface area (TPSA) is 25.8 Å². The molecule has 10 rings (SSSR count). The van der Waals surface area contributed by atoms with E-state index in [4.69, 9.17) is 9.97 Å². The summed E-state index contributed by atoms with van der Waals surface area (Å²) < 4.78 is 0. The van der Waals surface area contributed by atoms with Gasteiger partial charge in [0.05, 0.1) is 22.1 Å². The van der Waals surface area contributed by atoms with E-state index in [-0.39, 0.29) is 0 Å². The van der Waals surface area contributed by atoms with Crippen LogP contribution in [-0.2, 0) is 5.41 Å². The summed E-state index contributed by atoms with van der Waals surface area (Å²) in [4.78, 5) is 9.98. The summed E-state index contributed by atoms with van der Waals surface area (Å²) in [5.41, 5.74) is 14.2. The van der Waals surface area contributed by atoms with Crippen molar-refractivity contribution in [1.29, 1.82) is 0 Å². The lowest BCUT2D eigenvalue weighted by Gasteiger charge is -2.40. The largest absolute Gasteiger partial charge is 0.254 e. The molecule has 0 N–H and O–H groups in total. The average molecular weight is 545 g/mol. The summed E-state index contributed by atoms with van der Waals surface area (Å²) in [6.45, 7) is 0. The van der Waals surface area contributed by atoms with Crippen LogP contribution in [0.3, 0.4) is 0 Å². The molecule has 8 aromatic rings. The van der Waals surface area contributed by atoms with Crippen molar-refractivity contribution in [2.45, 2.75) is 5.41 Å². The van der Waals surface area contributed by atoms with E-state index in [2.05, 4.69) is 133 Å². The highest BCUT2D eigenvalue weighted by molar-refractivity contribution is 6.12. The molecular weight excluding hydrogens is 520 g/mol. The number of hydrogen-bond acceptors (Lipinski definition) is 2. The Labute approximate surface area is 248 Å². The fourth-order valence-corrected chi connectivity index (χ4v) is 8.05. The highest BCUT2D eigenvalue weighted by atomic mass is 14.8. The zero-order valence-electron chi connectivity index (χ0n) is 23.3. The van der Waals surface area contributed by atoms with Crippen LogP contribution in [0.4, 0.5) is 0 Å². The second-order valence-electron chi connectivity index (χ2n) is 11.7. The van der Waals surface area contributed by atoms with Crippen LogP contribution in [0.1, 0.15) is 22.3 Å². The van der Waals surface area contributed by atoms with E-state index in [9.17, 15) is 0 Å². The second-order valence-corrected chi connectivity index (χ2v) is 11.7. The predicted molar refractivity (Wildman–Crippen MR) is 176 cm³/mol. The Bertz CT molecular complexity index is 2430. The van der Waals surface area contributed by atoms with Gasteiger partial charge in [-0.25, -0.2) is 4.98 Å². The maximum atomic E-state index is 5.27. The lowest BCUT2D eigenvalue weighted by atomic mass is 9.61. The van der Waals surface area contributed by atoms with Gasteiger partial charge in [0.25, 0.3) is 0 Å². The van der Waals surface area contributed by atoms with Crippen LogP contribution in [0.5, 0.6) is 0 Å². The molecule has 2 nitrogen and oxygen atoms in total. The standard InChI is InChI=1S/C41H24N2/c1-4-14-33-27(10-1)28-11-2-5-15-34(28)41(33)35-16-6-3-12-29(35)32-22-21-30(31-13-7-17-36(41)38(31)32)37-23-20-26-19-18-25-9-8-24-42-39(25)40(26)43-37/h1-24H. The van der Waals surface area contributed by atoms with Gasteiger partial charge in [-0.05, 0) is 67.4 Å². The average Bonchev–Trinajstić information content (AvgIpc) is 3.37. The third kappa shape index (κ3) is 2.83. The lowest BCUT2D eigenvalue weighted by molar-refractivity contribution is 0.773. The molecule has 1 spiro atoms. The molecule has 0 bridgehead atoms. The Hall–Kier alpha value is -5.60. The fourth-order valence-electron chi connectivity index (χ4n) is 8.05. The monoisotopic (exact) mass is 544 g/mol. The smallest absolute Gasteiger partial charge is 0.0972 e. The van der Waals surface area contributed by atoms with Crippen molar-refractivity contribution in [1.82, 2.24) is 9.97 Å². The van der Waals surface area contributed by atoms with Crippen molar-refractivity contribution in [2.75, 3.05) is 0 Å². The summed E-state index contributed by atoms with van der Waals surface area (Å²) in [5.74, 6) is 0. The van der Waals surface area contributed by atoms with Crippen LogP contribution in [0.15, 0.2) is 146 Å². The van der Waals surface area contributed by atoms with Crippen LogP contribution in [0.2, 0.25) is 0 Å². The number of rotatable bonds is 1. The molecule has 43 heavy (non-hydrogen) atoms. The van der Waals surface area contributed by atoms with Gasteiger partial charge in [-0.3, -0.25) is 4.98 Å². The maximum Gasteiger partial charge on any atom is 0.0972 e. The normalized spacial score (nSPS) is 13.8. The van der Waals surface area contributed by atoms with Gasteiger partial charge in [-0.15, -0.1) is 0 Å². The molecule has 6 aromatic carbocycles. The predicted octanol–water partition coefficient (Wildman–Crippen LogP) is 9.95. The van der Waals surface area contributed by atoms with Crippen LogP contribution in [-0.4, -0.2) is 9.97 Å². The molecule has 198 valence electrons. The van der Waals surface area contributed by atoms with Crippen molar-refractivity contribution in [3.05, 3.63) is 168 Å². The molecule has 2 aromatic heterocycles. The third-order valence-electron chi connectivity index (χ3n) is 9.73. The molecule has 0 amide bonds. The zero-order chi connectivity index (χ0) is 28.1. The van der Waals surface area contributed by atoms with Crippen LogP contribution < -0.4 is 0 Å². The highest BCUT2D eigenvalue weighted by Gasteiger charge is 2.49. The van der Waals surface area contributed by atoms with Gasteiger partial charge in [-0.1, -0.05) is 127 Å². The van der Waals surface area contributed by atoms with Gasteiger partial charge in [-0.2, -0.15) is 0 Å². The highest BCUT2D eigenvalue weighted by Crippen LogP contribution is 2.62. The Morgan fingerprint density at radius 3 is 1.70 bits per heavy atom. The molecule has 0 fully saturated rings. The molecule has 0 saturated carbocycles. The number of nitrogens with zero attached hydrogens (tertiary/aromatic N) is 2.